The lowest BCUT2D eigenvalue weighted by atomic mass is 9.95. The van der Waals surface area contributed by atoms with Crippen LogP contribution in [0.2, 0.25) is 0 Å². The zero-order chi connectivity index (χ0) is 21.8. The Balaban J connectivity index is 1.49. The molecular formula is C20H20FN5O4S. The second-order valence-electron chi connectivity index (χ2n) is 7.21. The zero-order valence-electron chi connectivity index (χ0n) is 16.5. The first-order valence-electron chi connectivity index (χ1n) is 9.88. The lowest BCUT2D eigenvalue weighted by Crippen LogP contribution is -2.17. The van der Waals surface area contributed by atoms with E-state index in [2.05, 4.69) is 15.5 Å². The van der Waals surface area contributed by atoms with Crippen molar-refractivity contribution in [3.8, 4) is 11.6 Å². The SMILES string of the molecule is O=C(CSc1nnc(-c2ccco2)n1C1CCCCC1)Nc1ccc(F)c([N+](=O)[O-])c1. The number of anilines is 1. The van der Waals surface area contributed by atoms with Crippen molar-refractivity contribution in [1.82, 2.24) is 14.8 Å². The van der Waals surface area contributed by atoms with Crippen LogP contribution in [-0.4, -0.2) is 31.3 Å². The fourth-order valence-electron chi connectivity index (χ4n) is 3.68. The number of furan rings is 1. The summed E-state index contributed by atoms with van der Waals surface area (Å²) in [5.74, 6) is -0.0669. The molecule has 1 aliphatic rings. The van der Waals surface area contributed by atoms with Crippen molar-refractivity contribution >= 4 is 29.0 Å². The molecule has 0 aliphatic heterocycles. The molecule has 2 aromatic heterocycles. The van der Waals surface area contributed by atoms with Gasteiger partial charge in [-0.2, -0.15) is 4.39 Å². The minimum absolute atomic E-state index is 0.0220. The predicted octanol–water partition coefficient (Wildman–Crippen LogP) is 4.82. The summed E-state index contributed by atoms with van der Waals surface area (Å²) in [5.41, 5.74) is -0.533. The van der Waals surface area contributed by atoms with Gasteiger partial charge in [-0.1, -0.05) is 31.0 Å². The quantitative estimate of drug-likeness (QED) is 0.315. The van der Waals surface area contributed by atoms with Gasteiger partial charge in [0.25, 0.3) is 0 Å². The van der Waals surface area contributed by atoms with E-state index in [4.69, 9.17) is 4.42 Å². The molecule has 0 atom stereocenters. The van der Waals surface area contributed by atoms with E-state index in [1.807, 2.05) is 10.6 Å². The highest BCUT2D eigenvalue weighted by molar-refractivity contribution is 7.99. The molecule has 2 heterocycles. The molecule has 9 nitrogen and oxygen atoms in total. The summed E-state index contributed by atoms with van der Waals surface area (Å²) in [7, 11) is 0. The van der Waals surface area contributed by atoms with Crippen LogP contribution in [0.25, 0.3) is 11.6 Å². The van der Waals surface area contributed by atoms with E-state index in [9.17, 15) is 19.3 Å². The van der Waals surface area contributed by atoms with Crippen molar-refractivity contribution < 1.29 is 18.5 Å². The fraction of sp³-hybridized carbons (Fsp3) is 0.350. The summed E-state index contributed by atoms with van der Waals surface area (Å²) in [4.78, 5) is 22.5. The number of aromatic nitrogens is 3. The molecule has 162 valence electrons. The molecular weight excluding hydrogens is 425 g/mol. The number of hydrogen-bond acceptors (Lipinski definition) is 7. The van der Waals surface area contributed by atoms with Crippen molar-refractivity contribution in [2.75, 3.05) is 11.1 Å². The molecule has 4 rings (SSSR count). The molecule has 1 aromatic carbocycles. The van der Waals surface area contributed by atoms with E-state index < -0.39 is 16.4 Å². The number of rotatable bonds is 7. The zero-order valence-corrected chi connectivity index (χ0v) is 17.3. The molecule has 1 saturated carbocycles. The van der Waals surface area contributed by atoms with Crippen LogP contribution in [0.1, 0.15) is 38.1 Å². The van der Waals surface area contributed by atoms with Gasteiger partial charge in [0, 0.05) is 17.8 Å². The molecule has 11 heteroatoms. The molecule has 31 heavy (non-hydrogen) atoms. The van der Waals surface area contributed by atoms with E-state index in [-0.39, 0.29) is 23.4 Å². The van der Waals surface area contributed by atoms with Gasteiger partial charge < -0.3 is 9.73 Å². The van der Waals surface area contributed by atoms with Crippen LogP contribution in [0.5, 0.6) is 0 Å². The average molecular weight is 445 g/mol. The summed E-state index contributed by atoms with van der Waals surface area (Å²) >= 11 is 1.23. The smallest absolute Gasteiger partial charge is 0.306 e. The Morgan fingerprint density at radius 2 is 2.10 bits per heavy atom. The summed E-state index contributed by atoms with van der Waals surface area (Å²) in [6.07, 6.45) is 7.03. The molecule has 0 radical (unpaired) electrons. The third-order valence-electron chi connectivity index (χ3n) is 5.10. The Bertz CT molecular complexity index is 1080. The summed E-state index contributed by atoms with van der Waals surface area (Å²) in [5, 5.41) is 22.6. The lowest BCUT2D eigenvalue weighted by Gasteiger charge is -2.25. The number of thioether (sulfide) groups is 1. The van der Waals surface area contributed by atoms with Gasteiger partial charge in [0.15, 0.2) is 10.9 Å². The third kappa shape index (κ3) is 4.76. The highest BCUT2D eigenvalue weighted by atomic mass is 32.2. The molecule has 1 fully saturated rings. The van der Waals surface area contributed by atoms with Gasteiger partial charge in [0.05, 0.1) is 16.9 Å². The topological polar surface area (TPSA) is 116 Å². The molecule has 0 bridgehead atoms. The van der Waals surface area contributed by atoms with Gasteiger partial charge in [-0.15, -0.1) is 10.2 Å². The first kappa shape index (κ1) is 21.0. The van der Waals surface area contributed by atoms with Crippen LogP contribution < -0.4 is 5.32 Å². The maximum absolute atomic E-state index is 13.5. The second-order valence-corrected chi connectivity index (χ2v) is 8.15. The number of nitrogens with zero attached hydrogens (tertiary/aromatic N) is 4. The Morgan fingerprint density at radius 3 is 2.81 bits per heavy atom. The molecule has 0 saturated heterocycles. The first-order chi connectivity index (χ1) is 15.0. The standard InChI is InChI=1S/C20H20FN5O4S/c21-15-9-8-13(11-16(15)26(28)29)22-18(27)12-31-20-24-23-19(17-7-4-10-30-17)25(20)14-5-2-1-3-6-14/h4,7-11,14H,1-3,5-6,12H2,(H,22,27). The number of benzene rings is 1. The molecule has 0 unspecified atom stereocenters. The van der Waals surface area contributed by atoms with Gasteiger partial charge in [0.1, 0.15) is 0 Å². The van der Waals surface area contributed by atoms with Gasteiger partial charge in [-0.25, -0.2) is 0 Å². The van der Waals surface area contributed by atoms with Crippen molar-refractivity contribution in [2.45, 2.75) is 43.3 Å². The second kappa shape index (κ2) is 9.29. The highest BCUT2D eigenvalue weighted by Crippen LogP contribution is 2.35. The third-order valence-corrected chi connectivity index (χ3v) is 6.05. The Morgan fingerprint density at radius 1 is 1.29 bits per heavy atom. The van der Waals surface area contributed by atoms with E-state index in [1.54, 1.807) is 12.3 Å². The number of carbonyl (C=O) groups excluding carboxylic acids is 1. The molecule has 1 N–H and O–H groups in total. The monoisotopic (exact) mass is 445 g/mol. The molecule has 1 aliphatic carbocycles. The predicted molar refractivity (Wildman–Crippen MR) is 112 cm³/mol. The average Bonchev–Trinajstić information content (AvgIpc) is 3.43. The van der Waals surface area contributed by atoms with Crippen molar-refractivity contribution in [3.05, 3.63) is 52.5 Å². The number of carbonyl (C=O) groups is 1. The van der Waals surface area contributed by atoms with Gasteiger partial charge in [0.2, 0.25) is 17.5 Å². The highest BCUT2D eigenvalue weighted by Gasteiger charge is 2.25. The van der Waals surface area contributed by atoms with Crippen LogP contribution >= 0.6 is 11.8 Å². The molecule has 0 spiro atoms. The van der Waals surface area contributed by atoms with Crippen LogP contribution in [-0.2, 0) is 4.79 Å². The fourth-order valence-corrected chi connectivity index (χ4v) is 4.48. The van der Waals surface area contributed by atoms with Crippen LogP contribution in [0, 0.1) is 15.9 Å². The van der Waals surface area contributed by atoms with E-state index in [1.165, 1.54) is 24.2 Å². The summed E-state index contributed by atoms with van der Waals surface area (Å²) in [6, 6.07) is 7.08. The number of amides is 1. The van der Waals surface area contributed by atoms with Gasteiger partial charge in [-0.3, -0.25) is 19.5 Å². The number of nitro benzene ring substituents is 1. The van der Waals surface area contributed by atoms with E-state index >= 15 is 0 Å². The van der Waals surface area contributed by atoms with Crippen molar-refractivity contribution in [2.24, 2.45) is 0 Å². The van der Waals surface area contributed by atoms with Crippen molar-refractivity contribution in [3.63, 3.8) is 0 Å². The number of nitrogens with one attached hydrogen (secondary N) is 1. The largest absolute Gasteiger partial charge is 0.461 e. The van der Waals surface area contributed by atoms with Crippen LogP contribution in [0.15, 0.2) is 46.2 Å². The first-order valence-corrected chi connectivity index (χ1v) is 10.9. The minimum atomic E-state index is -0.955. The lowest BCUT2D eigenvalue weighted by molar-refractivity contribution is -0.387. The van der Waals surface area contributed by atoms with Crippen LogP contribution in [0.3, 0.4) is 0 Å². The maximum Gasteiger partial charge on any atom is 0.306 e. The number of halogens is 1. The maximum atomic E-state index is 13.5. The summed E-state index contributed by atoms with van der Waals surface area (Å²) in [6.45, 7) is 0. The normalized spacial score (nSPS) is 14.5. The van der Waals surface area contributed by atoms with Crippen LogP contribution in [0.4, 0.5) is 15.8 Å². The van der Waals surface area contributed by atoms with Gasteiger partial charge >= 0.3 is 5.69 Å². The minimum Gasteiger partial charge on any atom is -0.461 e. The number of nitro groups is 1. The number of hydrogen-bond donors (Lipinski definition) is 1. The Hall–Kier alpha value is -3.21. The Kier molecular flexibility index (Phi) is 6.31. The van der Waals surface area contributed by atoms with E-state index in [0.29, 0.717) is 16.7 Å². The molecule has 1 amide bonds. The summed E-state index contributed by atoms with van der Waals surface area (Å²) < 4.78 is 21.0. The van der Waals surface area contributed by atoms with Gasteiger partial charge in [-0.05, 0) is 37.1 Å². The Labute approximate surface area is 181 Å². The molecule has 3 aromatic rings. The van der Waals surface area contributed by atoms with Crippen molar-refractivity contribution in [1.29, 1.82) is 0 Å². The van der Waals surface area contributed by atoms with E-state index in [0.717, 1.165) is 37.8 Å².